The van der Waals surface area contributed by atoms with Crippen LogP contribution >= 0.6 is 22.6 Å². The monoisotopic (exact) mass is 267 g/mol. The van der Waals surface area contributed by atoms with Crippen LogP contribution in [-0.4, -0.2) is 12.5 Å². The zero-order valence-electron chi connectivity index (χ0n) is 6.98. The van der Waals surface area contributed by atoms with Gasteiger partial charge in [-0.05, 0) is 39.5 Å². The molecule has 0 aromatic rings. The van der Waals surface area contributed by atoms with Gasteiger partial charge in [0.25, 0.3) is 0 Å². The maximum absolute atomic E-state index is 10.9. The van der Waals surface area contributed by atoms with Gasteiger partial charge in [0.1, 0.15) is 0 Å². The standard InChI is InChI=1S/C8H14INO/c1-3-4-5-10-8(11)6-7(2)9/h6H,3-5H2,1-2H3,(H,10,11)/b7-6-. The summed E-state index contributed by atoms with van der Waals surface area (Å²) in [7, 11) is 0. The Bertz CT molecular complexity index is 150. The van der Waals surface area contributed by atoms with E-state index in [1.54, 1.807) is 6.08 Å². The smallest absolute Gasteiger partial charge is 0.244 e. The molecule has 0 rings (SSSR count). The van der Waals surface area contributed by atoms with Gasteiger partial charge >= 0.3 is 0 Å². The Morgan fingerprint density at radius 1 is 1.64 bits per heavy atom. The van der Waals surface area contributed by atoms with Crippen molar-refractivity contribution in [3.8, 4) is 0 Å². The van der Waals surface area contributed by atoms with Gasteiger partial charge in [0.15, 0.2) is 0 Å². The van der Waals surface area contributed by atoms with E-state index in [-0.39, 0.29) is 5.91 Å². The molecule has 0 heterocycles. The number of rotatable bonds is 4. The Morgan fingerprint density at radius 2 is 2.27 bits per heavy atom. The summed E-state index contributed by atoms with van der Waals surface area (Å²) >= 11 is 2.12. The van der Waals surface area contributed by atoms with Gasteiger partial charge in [-0.3, -0.25) is 4.79 Å². The summed E-state index contributed by atoms with van der Waals surface area (Å²) in [4.78, 5) is 10.9. The van der Waals surface area contributed by atoms with E-state index in [2.05, 4.69) is 34.8 Å². The Hall–Kier alpha value is -0.0600. The van der Waals surface area contributed by atoms with Gasteiger partial charge in [-0.25, -0.2) is 0 Å². The van der Waals surface area contributed by atoms with Gasteiger partial charge in [-0.2, -0.15) is 0 Å². The number of halogens is 1. The first-order valence-corrected chi connectivity index (χ1v) is 4.86. The summed E-state index contributed by atoms with van der Waals surface area (Å²) in [5.41, 5.74) is 0. The number of carbonyl (C=O) groups excluding carboxylic acids is 1. The summed E-state index contributed by atoms with van der Waals surface area (Å²) in [5.74, 6) is 0.0188. The van der Waals surface area contributed by atoms with E-state index >= 15 is 0 Å². The Kier molecular flexibility index (Phi) is 6.60. The third-order valence-electron chi connectivity index (χ3n) is 1.16. The molecule has 2 nitrogen and oxygen atoms in total. The maximum Gasteiger partial charge on any atom is 0.244 e. The summed E-state index contributed by atoms with van der Waals surface area (Å²) < 4.78 is 1.01. The normalized spacial score (nSPS) is 11.4. The van der Waals surface area contributed by atoms with Crippen molar-refractivity contribution in [2.75, 3.05) is 6.54 Å². The molecular weight excluding hydrogens is 253 g/mol. The third-order valence-corrected chi connectivity index (χ3v) is 1.47. The van der Waals surface area contributed by atoms with Crippen LogP contribution in [0.5, 0.6) is 0 Å². The molecule has 0 unspecified atom stereocenters. The molecule has 0 atom stereocenters. The van der Waals surface area contributed by atoms with E-state index < -0.39 is 0 Å². The van der Waals surface area contributed by atoms with Crippen LogP contribution in [0.25, 0.3) is 0 Å². The van der Waals surface area contributed by atoms with Gasteiger partial charge in [-0.1, -0.05) is 13.3 Å². The van der Waals surface area contributed by atoms with Crippen LogP contribution in [0, 0.1) is 0 Å². The van der Waals surface area contributed by atoms with E-state index in [0.29, 0.717) is 0 Å². The van der Waals surface area contributed by atoms with Crippen LogP contribution in [0.1, 0.15) is 26.7 Å². The molecule has 0 saturated heterocycles. The molecule has 1 N–H and O–H groups in total. The summed E-state index contributed by atoms with van der Waals surface area (Å²) in [6.07, 6.45) is 3.78. The van der Waals surface area contributed by atoms with Crippen LogP contribution in [0.2, 0.25) is 0 Å². The van der Waals surface area contributed by atoms with E-state index in [0.717, 1.165) is 23.0 Å². The lowest BCUT2D eigenvalue weighted by atomic mass is 10.3. The second-order valence-electron chi connectivity index (χ2n) is 2.38. The molecule has 0 saturated carbocycles. The zero-order chi connectivity index (χ0) is 8.69. The number of hydrogen-bond acceptors (Lipinski definition) is 1. The highest BCUT2D eigenvalue weighted by atomic mass is 127. The van der Waals surface area contributed by atoms with Crippen molar-refractivity contribution >= 4 is 28.5 Å². The van der Waals surface area contributed by atoms with Crippen LogP contribution in [0.4, 0.5) is 0 Å². The van der Waals surface area contributed by atoms with Crippen molar-refractivity contribution in [1.82, 2.24) is 5.32 Å². The molecule has 0 aliphatic heterocycles. The van der Waals surface area contributed by atoms with Gasteiger partial charge in [-0.15, -0.1) is 0 Å². The minimum Gasteiger partial charge on any atom is -0.353 e. The number of unbranched alkanes of at least 4 members (excludes halogenated alkanes) is 1. The van der Waals surface area contributed by atoms with Gasteiger partial charge < -0.3 is 5.32 Å². The second kappa shape index (κ2) is 6.64. The highest BCUT2D eigenvalue weighted by Gasteiger charge is 1.93. The number of hydrogen-bond donors (Lipinski definition) is 1. The molecule has 0 spiro atoms. The molecule has 0 aromatic carbocycles. The molecular formula is C8H14INO. The van der Waals surface area contributed by atoms with Crippen LogP contribution < -0.4 is 5.32 Å². The van der Waals surface area contributed by atoms with Crippen LogP contribution in [0.15, 0.2) is 9.66 Å². The minimum absolute atomic E-state index is 0.0188. The molecule has 1 amide bonds. The highest BCUT2D eigenvalue weighted by molar-refractivity contribution is 14.1. The molecule has 64 valence electrons. The number of nitrogens with one attached hydrogen (secondary N) is 1. The average molecular weight is 267 g/mol. The summed E-state index contributed by atoms with van der Waals surface area (Å²) in [6.45, 7) is 4.79. The van der Waals surface area contributed by atoms with Crippen molar-refractivity contribution in [1.29, 1.82) is 0 Å². The number of amides is 1. The third kappa shape index (κ3) is 7.84. The van der Waals surface area contributed by atoms with E-state index in [1.807, 2.05) is 6.92 Å². The average Bonchev–Trinajstić information content (AvgIpc) is 1.86. The lowest BCUT2D eigenvalue weighted by molar-refractivity contribution is -0.116. The van der Waals surface area contributed by atoms with E-state index in [1.165, 1.54) is 0 Å². The predicted octanol–water partition coefficient (Wildman–Crippen LogP) is 2.24. The first-order valence-electron chi connectivity index (χ1n) is 3.78. The SMILES string of the molecule is CCCCNC(=O)/C=C(/C)I. The van der Waals surface area contributed by atoms with Crippen molar-refractivity contribution in [3.63, 3.8) is 0 Å². The second-order valence-corrected chi connectivity index (χ2v) is 4.08. The molecule has 0 radical (unpaired) electrons. The summed E-state index contributed by atoms with van der Waals surface area (Å²) in [5, 5.41) is 2.79. The molecule has 0 fully saturated rings. The highest BCUT2D eigenvalue weighted by Crippen LogP contribution is 2.01. The van der Waals surface area contributed by atoms with Crippen LogP contribution in [0.3, 0.4) is 0 Å². The van der Waals surface area contributed by atoms with Crippen molar-refractivity contribution in [2.24, 2.45) is 0 Å². The van der Waals surface area contributed by atoms with E-state index in [9.17, 15) is 4.79 Å². The molecule has 0 aliphatic rings. The number of carbonyl (C=O) groups is 1. The van der Waals surface area contributed by atoms with E-state index in [4.69, 9.17) is 0 Å². The van der Waals surface area contributed by atoms with Crippen molar-refractivity contribution < 1.29 is 4.79 Å². The Balaban J connectivity index is 3.46. The largest absolute Gasteiger partial charge is 0.353 e. The lowest BCUT2D eigenvalue weighted by Gasteiger charge is -1.98. The Morgan fingerprint density at radius 3 is 2.73 bits per heavy atom. The fourth-order valence-corrected chi connectivity index (χ4v) is 0.903. The summed E-state index contributed by atoms with van der Waals surface area (Å²) in [6, 6.07) is 0. The van der Waals surface area contributed by atoms with Crippen molar-refractivity contribution in [3.05, 3.63) is 9.66 Å². The maximum atomic E-state index is 10.9. The lowest BCUT2D eigenvalue weighted by Crippen LogP contribution is -2.21. The quantitative estimate of drug-likeness (QED) is 0.472. The minimum atomic E-state index is 0.0188. The molecule has 0 aromatic heterocycles. The van der Waals surface area contributed by atoms with Crippen molar-refractivity contribution in [2.45, 2.75) is 26.7 Å². The molecule has 11 heavy (non-hydrogen) atoms. The zero-order valence-corrected chi connectivity index (χ0v) is 9.14. The predicted molar refractivity (Wildman–Crippen MR) is 55.7 cm³/mol. The fraction of sp³-hybridized carbons (Fsp3) is 0.625. The van der Waals surface area contributed by atoms with Gasteiger partial charge in [0.05, 0.1) is 0 Å². The molecule has 0 bridgehead atoms. The first-order chi connectivity index (χ1) is 5.16. The molecule has 0 aliphatic carbocycles. The fourth-order valence-electron chi connectivity index (χ4n) is 0.620. The van der Waals surface area contributed by atoms with Crippen LogP contribution in [-0.2, 0) is 4.79 Å². The van der Waals surface area contributed by atoms with Gasteiger partial charge in [0, 0.05) is 12.6 Å². The first kappa shape index (κ1) is 10.9. The Labute approximate surface area is 81.6 Å². The topological polar surface area (TPSA) is 29.1 Å². The molecule has 3 heteroatoms. The number of allylic oxidation sites excluding steroid dienone is 1. The van der Waals surface area contributed by atoms with Gasteiger partial charge in [0.2, 0.25) is 5.91 Å².